The molecule has 0 atom stereocenters. The number of anilines is 1. The number of ether oxygens (including phenoxy) is 1. The summed E-state index contributed by atoms with van der Waals surface area (Å²) < 4.78 is 10.7. The van der Waals surface area contributed by atoms with Crippen LogP contribution in [-0.2, 0) is 0 Å². The Morgan fingerprint density at radius 3 is 2.46 bits per heavy atom. The Morgan fingerprint density at radius 1 is 1.12 bits per heavy atom. The molecule has 134 valence electrons. The minimum absolute atomic E-state index is 0.175. The predicted molar refractivity (Wildman–Crippen MR) is 99.3 cm³/mol. The van der Waals surface area contributed by atoms with Gasteiger partial charge in [0.1, 0.15) is 5.75 Å². The highest BCUT2D eigenvalue weighted by Crippen LogP contribution is 2.20. The average molecular weight is 351 g/mol. The summed E-state index contributed by atoms with van der Waals surface area (Å²) in [7, 11) is 0. The quantitative estimate of drug-likeness (QED) is 0.635. The number of nitrogens with zero attached hydrogens (tertiary/aromatic N) is 2. The summed E-state index contributed by atoms with van der Waals surface area (Å²) >= 11 is 0. The van der Waals surface area contributed by atoms with Crippen LogP contribution in [0, 0.1) is 6.92 Å². The number of nitrogens with one attached hydrogen (secondary N) is 1. The molecule has 0 saturated heterocycles. The van der Waals surface area contributed by atoms with Crippen molar-refractivity contribution in [2.75, 3.05) is 11.9 Å². The van der Waals surface area contributed by atoms with Gasteiger partial charge in [0.25, 0.3) is 11.8 Å². The summed E-state index contributed by atoms with van der Waals surface area (Å²) in [6, 6.07) is 14.4. The largest absolute Gasteiger partial charge is 0.494 e. The van der Waals surface area contributed by atoms with Gasteiger partial charge in [-0.2, -0.15) is 4.98 Å². The number of carbonyl (C=O) groups is 1. The van der Waals surface area contributed by atoms with Crippen molar-refractivity contribution >= 4 is 11.6 Å². The Bertz CT molecular complexity index is 855. The number of hydrogen-bond acceptors (Lipinski definition) is 5. The first kappa shape index (κ1) is 17.7. The molecule has 6 heteroatoms. The molecule has 0 radical (unpaired) electrons. The van der Waals surface area contributed by atoms with Gasteiger partial charge in [-0.15, -0.1) is 0 Å². The zero-order valence-electron chi connectivity index (χ0n) is 14.9. The van der Waals surface area contributed by atoms with E-state index in [-0.39, 0.29) is 5.91 Å². The van der Waals surface area contributed by atoms with Crippen molar-refractivity contribution in [1.29, 1.82) is 0 Å². The lowest BCUT2D eigenvalue weighted by Gasteiger charge is -2.08. The van der Waals surface area contributed by atoms with Gasteiger partial charge in [0.05, 0.1) is 6.61 Å². The van der Waals surface area contributed by atoms with Gasteiger partial charge in [-0.3, -0.25) is 4.79 Å². The molecule has 6 nitrogen and oxygen atoms in total. The first-order valence-electron chi connectivity index (χ1n) is 8.60. The van der Waals surface area contributed by atoms with Gasteiger partial charge in [-0.05, 0) is 61.9 Å². The van der Waals surface area contributed by atoms with Gasteiger partial charge in [0.15, 0.2) is 5.82 Å². The highest BCUT2D eigenvalue weighted by atomic mass is 16.5. The van der Waals surface area contributed by atoms with Crippen LogP contribution in [0.1, 0.15) is 35.9 Å². The molecule has 1 N–H and O–H groups in total. The molecule has 1 amide bonds. The maximum Gasteiger partial charge on any atom is 0.257 e. The second kappa shape index (κ2) is 8.29. The maximum absolute atomic E-state index is 12.4. The maximum atomic E-state index is 12.4. The molecule has 2 aromatic carbocycles. The van der Waals surface area contributed by atoms with Gasteiger partial charge in [0, 0.05) is 16.8 Å². The molecule has 0 aliphatic heterocycles. The van der Waals surface area contributed by atoms with Crippen LogP contribution in [0.5, 0.6) is 5.75 Å². The lowest BCUT2D eigenvalue weighted by atomic mass is 10.1. The molecule has 1 heterocycles. The first-order chi connectivity index (χ1) is 12.7. The van der Waals surface area contributed by atoms with E-state index in [2.05, 4.69) is 22.4 Å². The predicted octanol–water partition coefficient (Wildman–Crippen LogP) is 4.48. The SMILES string of the molecule is CCCCOc1ccc(C(=O)Nc2ccc(-c3nc(C)no3)cc2)cc1. The van der Waals surface area contributed by atoms with Crippen LogP contribution in [0.25, 0.3) is 11.5 Å². The fraction of sp³-hybridized carbons (Fsp3) is 0.250. The number of amides is 1. The lowest BCUT2D eigenvalue weighted by molar-refractivity contribution is 0.102. The summed E-state index contributed by atoms with van der Waals surface area (Å²) in [5, 5.41) is 6.64. The molecule has 0 unspecified atom stereocenters. The number of rotatable bonds is 7. The molecular formula is C20H21N3O3. The van der Waals surface area contributed by atoms with E-state index in [9.17, 15) is 4.79 Å². The third-order valence-corrected chi connectivity index (χ3v) is 3.80. The van der Waals surface area contributed by atoms with E-state index in [0.717, 1.165) is 24.2 Å². The van der Waals surface area contributed by atoms with E-state index in [0.29, 0.717) is 29.6 Å². The minimum Gasteiger partial charge on any atom is -0.494 e. The highest BCUT2D eigenvalue weighted by molar-refractivity contribution is 6.04. The number of aryl methyl sites for hydroxylation is 1. The van der Waals surface area contributed by atoms with Crippen molar-refractivity contribution < 1.29 is 14.1 Å². The molecule has 0 aliphatic carbocycles. The number of benzene rings is 2. The third-order valence-electron chi connectivity index (χ3n) is 3.80. The van der Waals surface area contributed by atoms with Crippen LogP contribution in [0.3, 0.4) is 0 Å². The molecule has 0 saturated carbocycles. The van der Waals surface area contributed by atoms with Gasteiger partial charge in [-0.1, -0.05) is 18.5 Å². The van der Waals surface area contributed by atoms with Crippen molar-refractivity contribution in [3.63, 3.8) is 0 Å². The number of carbonyl (C=O) groups excluding carboxylic acids is 1. The molecule has 1 aromatic heterocycles. The van der Waals surface area contributed by atoms with Crippen LogP contribution in [0.2, 0.25) is 0 Å². The van der Waals surface area contributed by atoms with Crippen LogP contribution < -0.4 is 10.1 Å². The van der Waals surface area contributed by atoms with Crippen molar-refractivity contribution in [3.05, 3.63) is 59.9 Å². The normalized spacial score (nSPS) is 10.5. The van der Waals surface area contributed by atoms with Crippen LogP contribution in [0.15, 0.2) is 53.1 Å². The van der Waals surface area contributed by atoms with Crippen LogP contribution in [-0.4, -0.2) is 22.7 Å². The van der Waals surface area contributed by atoms with Crippen molar-refractivity contribution in [2.24, 2.45) is 0 Å². The van der Waals surface area contributed by atoms with Gasteiger partial charge in [0.2, 0.25) is 0 Å². The monoisotopic (exact) mass is 351 g/mol. The van der Waals surface area contributed by atoms with Gasteiger partial charge >= 0.3 is 0 Å². The van der Waals surface area contributed by atoms with Gasteiger partial charge in [-0.25, -0.2) is 0 Å². The Labute approximate surface area is 152 Å². The molecule has 0 bridgehead atoms. The molecule has 3 aromatic rings. The van der Waals surface area contributed by atoms with E-state index in [1.807, 2.05) is 24.3 Å². The van der Waals surface area contributed by atoms with E-state index in [1.165, 1.54) is 0 Å². The van der Waals surface area contributed by atoms with E-state index < -0.39 is 0 Å². The summed E-state index contributed by atoms with van der Waals surface area (Å²) in [6.45, 7) is 4.57. The first-order valence-corrected chi connectivity index (χ1v) is 8.60. The standard InChI is InChI=1S/C20H21N3O3/c1-3-4-13-25-18-11-7-15(8-12-18)19(24)22-17-9-5-16(6-10-17)20-21-14(2)23-26-20/h5-12H,3-4,13H2,1-2H3,(H,22,24). The molecule has 26 heavy (non-hydrogen) atoms. The summed E-state index contributed by atoms with van der Waals surface area (Å²) in [4.78, 5) is 16.5. The average Bonchev–Trinajstić information content (AvgIpc) is 3.09. The summed E-state index contributed by atoms with van der Waals surface area (Å²) in [5.41, 5.74) is 2.07. The van der Waals surface area contributed by atoms with Gasteiger partial charge < -0.3 is 14.6 Å². The Balaban J connectivity index is 1.60. The van der Waals surface area contributed by atoms with E-state index >= 15 is 0 Å². The second-order valence-electron chi connectivity index (χ2n) is 5.90. The van der Waals surface area contributed by atoms with Crippen molar-refractivity contribution in [2.45, 2.75) is 26.7 Å². The van der Waals surface area contributed by atoms with E-state index in [4.69, 9.17) is 9.26 Å². The summed E-state index contributed by atoms with van der Waals surface area (Å²) in [6.07, 6.45) is 2.10. The van der Waals surface area contributed by atoms with Crippen LogP contribution >= 0.6 is 0 Å². The lowest BCUT2D eigenvalue weighted by Crippen LogP contribution is -2.11. The molecule has 3 rings (SSSR count). The van der Waals surface area contributed by atoms with E-state index in [1.54, 1.807) is 31.2 Å². The van der Waals surface area contributed by atoms with Crippen LogP contribution in [0.4, 0.5) is 5.69 Å². The number of hydrogen-bond donors (Lipinski definition) is 1. The Morgan fingerprint density at radius 2 is 1.85 bits per heavy atom. The molecule has 0 aliphatic rings. The zero-order valence-corrected chi connectivity index (χ0v) is 14.9. The minimum atomic E-state index is -0.175. The number of aromatic nitrogens is 2. The second-order valence-corrected chi connectivity index (χ2v) is 5.90. The number of unbranched alkanes of at least 4 members (excludes halogenated alkanes) is 1. The fourth-order valence-corrected chi connectivity index (χ4v) is 2.35. The molecule has 0 fully saturated rings. The highest BCUT2D eigenvalue weighted by Gasteiger charge is 2.09. The smallest absolute Gasteiger partial charge is 0.257 e. The topological polar surface area (TPSA) is 77.2 Å². The fourth-order valence-electron chi connectivity index (χ4n) is 2.35. The summed E-state index contributed by atoms with van der Waals surface area (Å²) in [5.74, 6) is 1.64. The molecular weight excluding hydrogens is 330 g/mol. The Kier molecular flexibility index (Phi) is 5.63. The zero-order chi connectivity index (χ0) is 18.4. The molecule has 0 spiro atoms. The van der Waals surface area contributed by atoms with Crippen molar-refractivity contribution in [3.8, 4) is 17.2 Å². The Hall–Kier alpha value is -3.15. The third kappa shape index (κ3) is 4.47. The van der Waals surface area contributed by atoms with Crippen molar-refractivity contribution in [1.82, 2.24) is 10.1 Å².